The molecule has 35 heavy (non-hydrogen) atoms. The molecule has 4 aromatic rings. The first-order valence-corrected chi connectivity index (χ1v) is 13.2. The standard InChI is InChI=1S/C27H21BrClNO4S/c1-34-25-12-10-23(28)17-26(25)35(32,33)30-27(31)13-9-20-8-11-24(29)16-22(20)15-18-6-7-19-4-2-3-5-21(19)14-18/h2-14,16-17H,15H2,1H3,(H,30,31)/b13-9+. The van der Waals surface area contributed by atoms with Gasteiger partial charge in [-0.05, 0) is 70.3 Å². The van der Waals surface area contributed by atoms with E-state index in [9.17, 15) is 13.2 Å². The first-order valence-electron chi connectivity index (χ1n) is 10.6. The van der Waals surface area contributed by atoms with Gasteiger partial charge in [0.1, 0.15) is 10.6 Å². The van der Waals surface area contributed by atoms with Gasteiger partial charge in [-0.2, -0.15) is 0 Å². The van der Waals surface area contributed by atoms with Gasteiger partial charge in [0.25, 0.3) is 15.9 Å². The van der Waals surface area contributed by atoms with Crippen molar-refractivity contribution >= 4 is 60.3 Å². The van der Waals surface area contributed by atoms with Crippen molar-refractivity contribution in [2.75, 3.05) is 7.11 Å². The minimum atomic E-state index is -4.14. The molecule has 5 nitrogen and oxygen atoms in total. The van der Waals surface area contributed by atoms with Crippen molar-refractivity contribution in [1.29, 1.82) is 0 Å². The molecular weight excluding hydrogens is 550 g/mol. The van der Waals surface area contributed by atoms with E-state index in [0.29, 0.717) is 15.9 Å². The monoisotopic (exact) mass is 569 g/mol. The van der Waals surface area contributed by atoms with Crippen LogP contribution in [0.25, 0.3) is 16.8 Å². The molecule has 0 aliphatic carbocycles. The molecular formula is C27H21BrClNO4S. The number of halogens is 2. The van der Waals surface area contributed by atoms with Gasteiger partial charge in [-0.1, -0.05) is 76.1 Å². The molecule has 1 N–H and O–H groups in total. The number of amides is 1. The molecule has 0 aliphatic heterocycles. The van der Waals surface area contributed by atoms with Crippen LogP contribution in [0.4, 0.5) is 0 Å². The second kappa shape index (κ2) is 10.6. The lowest BCUT2D eigenvalue weighted by Crippen LogP contribution is -2.29. The summed E-state index contributed by atoms with van der Waals surface area (Å²) in [6, 6.07) is 24.3. The summed E-state index contributed by atoms with van der Waals surface area (Å²) < 4.78 is 33.3. The summed E-state index contributed by atoms with van der Waals surface area (Å²) in [7, 11) is -2.78. The number of sulfonamides is 1. The largest absolute Gasteiger partial charge is 0.495 e. The molecule has 0 fully saturated rings. The van der Waals surface area contributed by atoms with Crippen LogP contribution in [-0.4, -0.2) is 21.4 Å². The SMILES string of the molecule is COc1ccc(Br)cc1S(=O)(=O)NC(=O)/C=C/c1ccc(Cl)cc1Cc1ccc2ccccc2c1. The van der Waals surface area contributed by atoms with E-state index in [1.807, 2.05) is 18.2 Å². The summed E-state index contributed by atoms with van der Waals surface area (Å²) in [5.74, 6) is -0.647. The van der Waals surface area contributed by atoms with Gasteiger partial charge in [0, 0.05) is 15.6 Å². The Bertz CT molecular complexity index is 1550. The zero-order valence-electron chi connectivity index (χ0n) is 18.7. The Morgan fingerprint density at radius 2 is 1.77 bits per heavy atom. The van der Waals surface area contributed by atoms with Crippen LogP contribution in [0, 0.1) is 0 Å². The third-order valence-corrected chi connectivity index (χ3v) is 7.47. The van der Waals surface area contributed by atoms with Crippen molar-refractivity contribution in [2.45, 2.75) is 11.3 Å². The highest BCUT2D eigenvalue weighted by molar-refractivity contribution is 9.10. The quantitative estimate of drug-likeness (QED) is 0.262. The fourth-order valence-electron chi connectivity index (χ4n) is 3.71. The lowest BCUT2D eigenvalue weighted by molar-refractivity contribution is -0.114. The van der Waals surface area contributed by atoms with Crippen LogP contribution in [0.2, 0.25) is 5.02 Å². The number of nitrogens with one attached hydrogen (secondary N) is 1. The summed E-state index contributed by atoms with van der Waals surface area (Å²) in [6.45, 7) is 0. The Labute approximate surface area is 217 Å². The summed E-state index contributed by atoms with van der Waals surface area (Å²) in [6.07, 6.45) is 3.37. The van der Waals surface area contributed by atoms with E-state index in [1.165, 1.54) is 25.3 Å². The summed E-state index contributed by atoms with van der Waals surface area (Å²) in [4.78, 5) is 12.4. The topological polar surface area (TPSA) is 72.5 Å². The van der Waals surface area contributed by atoms with Gasteiger partial charge in [0.05, 0.1) is 7.11 Å². The fourth-order valence-corrected chi connectivity index (χ4v) is 5.55. The molecule has 0 saturated heterocycles. The fraction of sp³-hybridized carbons (Fsp3) is 0.0741. The van der Waals surface area contributed by atoms with Crippen molar-refractivity contribution in [1.82, 2.24) is 4.72 Å². The molecule has 178 valence electrons. The zero-order valence-corrected chi connectivity index (χ0v) is 21.8. The van der Waals surface area contributed by atoms with Crippen LogP contribution in [0.3, 0.4) is 0 Å². The number of rotatable bonds is 7. The molecule has 0 atom stereocenters. The molecule has 0 radical (unpaired) electrons. The van der Waals surface area contributed by atoms with E-state index in [1.54, 1.807) is 24.3 Å². The van der Waals surface area contributed by atoms with Crippen molar-refractivity contribution in [3.05, 3.63) is 111 Å². The third-order valence-electron chi connectivity index (χ3n) is 5.38. The normalized spacial score (nSPS) is 11.6. The van der Waals surface area contributed by atoms with Crippen LogP contribution >= 0.6 is 27.5 Å². The van der Waals surface area contributed by atoms with E-state index in [2.05, 4.69) is 51.0 Å². The molecule has 0 saturated carbocycles. The number of hydrogen-bond acceptors (Lipinski definition) is 4. The Balaban J connectivity index is 1.56. The van der Waals surface area contributed by atoms with Gasteiger partial charge in [-0.15, -0.1) is 0 Å². The number of fused-ring (bicyclic) bond motifs is 1. The van der Waals surface area contributed by atoms with Crippen LogP contribution in [0.1, 0.15) is 16.7 Å². The molecule has 0 unspecified atom stereocenters. The second-order valence-corrected chi connectivity index (χ2v) is 10.8. The first-order chi connectivity index (χ1) is 16.7. The molecule has 4 rings (SSSR count). The maximum Gasteiger partial charge on any atom is 0.268 e. The highest BCUT2D eigenvalue weighted by Gasteiger charge is 2.21. The van der Waals surface area contributed by atoms with Crippen LogP contribution in [0.15, 0.2) is 94.3 Å². The van der Waals surface area contributed by atoms with Gasteiger partial charge in [-0.25, -0.2) is 13.1 Å². The number of methoxy groups -OCH3 is 1. The lowest BCUT2D eigenvalue weighted by atomic mass is 9.97. The van der Waals surface area contributed by atoms with E-state index in [0.717, 1.165) is 27.5 Å². The maximum atomic E-state index is 12.8. The van der Waals surface area contributed by atoms with Crippen LogP contribution in [0.5, 0.6) is 5.75 Å². The zero-order chi connectivity index (χ0) is 25.0. The Kier molecular flexibility index (Phi) is 7.60. The smallest absolute Gasteiger partial charge is 0.268 e. The van der Waals surface area contributed by atoms with Crippen molar-refractivity contribution < 1.29 is 17.9 Å². The highest BCUT2D eigenvalue weighted by atomic mass is 79.9. The predicted molar refractivity (Wildman–Crippen MR) is 143 cm³/mol. The number of hydrogen-bond donors (Lipinski definition) is 1. The van der Waals surface area contributed by atoms with Gasteiger partial charge >= 0.3 is 0 Å². The molecule has 1 amide bonds. The first kappa shape index (κ1) is 25.0. The van der Waals surface area contributed by atoms with E-state index in [-0.39, 0.29) is 10.6 Å². The number of ether oxygens (including phenoxy) is 1. The van der Waals surface area contributed by atoms with Crippen LogP contribution < -0.4 is 9.46 Å². The molecule has 8 heteroatoms. The molecule has 0 aliphatic rings. The van der Waals surface area contributed by atoms with E-state index >= 15 is 0 Å². The highest BCUT2D eigenvalue weighted by Crippen LogP contribution is 2.27. The number of carbonyl (C=O) groups is 1. The minimum Gasteiger partial charge on any atom is -0.495 e. The molecule has 0 bridgehead atoms. The van der Waals surface area contributed by atoms with Crippen molar-refractivity contribution in [3.8, 4) is 5.75 Å². The van der Waals surface area contributed by atoms with E-state index < -0.39 is 15.9 Å². The summed E-state index contributed by atoms with van der Waals surface area (Å²) in [5.41, 5.74) is 2.76. The average molecular weight is 571 g/mol. The van der Waals surface area contributed by atoms with Gasteiger partial charge in [0.2, 0.25) is 0 Å². The molecule has 0 aromatic heterocycles. The minimum absolute atomic E-state index is 0.132. The average Bonchev–Trinajstić information content (AvgIpc) is 2.83. The lowest BCUT2D eigenvalue weighted by Gasteiger charge is -2.10. The number of benzene rings is 4. The summed E-state index contributed by atoms with van der Waals surface area (Å²) >= 11 is 9.48. The molecule has 0 heterocycles. The predicted octanol–water partition coefficient (Wildman–Crippen LogP) is 6.37. The van der Waals surface area contributed by atoms with Crippen molar-refractivity contribution in [2.24, 2.45) is 0 Å². The van der Waals surface area contributed by atoms with Crippen LogP contribution in [-0.2, 0) is 21.2 Å². The van der Waals surface area contributed by atoms with Gasteiger partial charge in [-0.3, -0.25) is 4.79 Å². The Morgan fingerprint density at radius 1 is 1.00 bits per heavy atom. The van der Waals surface area contributed by atoms with Gasteiger partial charge < -0.3 is 4.74 Å². The summed E-state index contributed by atoms with van der Waals surface area (Å²) in [5, 5.41) is 2.87. The van der Waals surface area contributed by atoms with E-state index in [4.69, 9.17) is 16.3 Å². The number of carbonyl (C=O) groups excluding carboxylic acids is 1. The van der Waals surface area contributed by atoms with Crippen molar-refractivity contribution in [3.63, 3.8) is 0 Å². The Hall–Kier alpha value is -3.13. The molecule has 0 spiro atoms. The maximum absolute atomic E-state index is 12.8. The van der Waals surface area contributed by atoms with Gasteiger partial charge in [0.15, 0.2) is 0 Å². The second-order valence-electron chi connectivity index (χ2n) is 7.80. The third kappa shape index (κ3) is 6.11. The molecule has 4 aromatic carbocycles. The Morgan fingerprint density at radius 3 is 2.54 bits per heavy atom.